The first kappa shape index (κ1) is 13.9. The average Bonchev–Trinajstić information content (AvgIpc) is 2.28. The van der Waals surface area contributed by atoms with E-state index in [-0.39, 0.29) is 12.1 Å². The van der Waals surface area contributed by atoms with Crippen LogP contribution in [0.4, 0.5) is 8.78 Å². The van der Waals surface area contributed by atoms with E-state index in [1.807, 2.05) is 6.26 Å². The first-order chi connectivity index (χ1) is 7.56. The molecule has 0 aliphatic carbocycles. The highest BCUT2D eigenvalue weighted by Gasteiger charge is 2.11. The van der Waals surface area contributed by atoms with Crippen LogP contribution in [0.5, 0.6) is 0 Å². The second kappa shape index (κ2) is 6.57. The van der Waals surface area contributed by atoms with Crippen LogP contribution < -0.4 is 5.32 Å². The zero-order chi connectivity index (χ0) is 12.1. The summed E-state index contributed by atoms with van der Waals surface area (Å²) in [4.78, 5) is 0. The maximum atomic E-state index is 13.5. The Hall–Kier alpha value is -0.130. The summed E-state index contributed by atoms with van der Waals surface area (Å²) in [7, 11) is 0. The van der Waals surface area contributed by atoms with Crippen molar-refractivity contribution in [1.82, 2.24) is 5.32 Å². The van der Waals surface area contributed by atoms with Crippen molar-refractivity contribution in [3.8, 4) is 0 Å². The summed E-state index contributed by atoms with van der Waals surface area (Å²) < 4.78 is 27.2. The van der Waals surface area contributed by atoms with Crippen LogP contribution in [0.1, 0.15) is 12.5 Å². The van der Waals surface area contributed by atoms with E-state index in [9.17, 15) is 8.78 Å². The largest absolute Gasteiger partial charge is 0.311 e. The summed E-state index contributed by atoms with van der Waals surface area (Å²) in [6.45, 7) is 3.00. The highest BCUT2D eigenvalue weighted by atomic mass is 79.9. The lowest BCUT2D eigenvalue weighted by Crippen LogP contribution is -2.23. The third-order valence-corrected chi connectivity index (χ3v) is 3.86. The quantitative estimate of drug-likeness (QED) is 0.835. The smallest absolute Gasteiger partial charge is 0.144 e. The van der Waals surface area contributed by atoms with E-state index in [2.05, 4.69) is 28.2 Å². The zero-order valence-electron chi connectivity index (χ0n) is 9.19. The topological polar surface area (TPSA) is 12.0 Å². The molecule has 1 atom stereocenters. The lowest BCUT2D eigenvalue weighted by atomic mass is 10.2. The van der Waals surface area contributed by atoms with Crippen LogP contribution in [0, 0.1) is 11.6 Å². The van der Waals surface area contributed by atoms with Gasteiger partial charge in [0.15, 0.2) is 0 Å². The third-order valence-electron chi connectivity index (χ3n) is 2.27. The van der Waals surface area contributed by atoms with E-state index >= 15 is 0 Å². The summed E-state index contributed by atoms with van der Waals surface area (Å²) in [5.41, 5.74) is 0.0858. The third kappa shape index (κ3) is 3.71. The van der Waals surface area contributed by atoms with Gasteiger partial charge in [-0.3, -0.25) is 0 Å². The maximum absolute atomic E-state index is 13.5. The van der Waals surface area contributed by atoms with Gasteiger partial charge in [-0.05, 0) is 34.3 Å². The van der Waals surface area contributed by atoms with E-state index in [1.54, 1.807) is 11.8 Å². The Bertz CT molecular complexity index is 360. The summed E-state index contributed by atoms with van der Waals surface area (Å²) in [6, 6.07) is 2.64. The zero-order valence-corrected chi connectivity index (χ0v) is 11.6. The van der Waals surface area contributed by atoms with Crippen molar-refractivity contribution in [2.24, 2.45) is 0 Å². The molecule has 0 amide bonds. The van der Waals surface area contributed by atoms with Crippen LogP contribution in [0.15, 0.2) is 16.6 Å². The van der Waals surface area contributed by atoms with Gasteiger partial charge in [-0.25, -0.2) is 8.78 Å². The van der Waals surface area contributed by atoms with Gasteiger partial charge in [0.25, 0.3) is 0 Å². The molecule has 0 bridgehead atoms. The van der Waals surface area contributed by atoms with Gasteiger partial charge in [-0.1, -0.05) is 6.92 Å². The highest BCUT2D eigenvalue weighted by Crippen LogP contribution is 2.21. The number of rotatable bonds is 5. The van der Waals surface area contributed by atoms with Gasteiger partial charge in [0, 0.05) is 23.9 Å². The van der Waals surface area contributed by atoms with E-state index in [0.717, 1.165) is 6.54 Å². The van der Waals surface area contributed by atoms with E-state index in [0.29, 0.717) is 9.72 Å². The molecule has 5 heteroatoms. The minimum atomic E-state index is -0.524. The van der Waals surface area contributed by atoms with Gasteiger partial charge < -0.3 is 5.32 Å². The number of benzene rings is 1. The molecule has 1 nitrogen and oxygen atoms in total. The molecule has 0 aliphatic rings. The molecule has 1 aromatic carbocycles. The van der Waals surface area contributed by atoms with Crippen molar-refractivity contribution in [3.05, 3.63) is 33.8 Å². The van der Waals surface area contributed by atoms with E-state index in [1.165, 1.54) is 12.1 Å². The maximum Gasteiger partial charge on any atom is 0.144 e. The van der Waals surface area contributed by atoms with Crippen molar-refractivity contribution in [2.45, 2.75) is 18.7 Å². The first-order valence-electron chi connectivity index (χ1n) is 4.92. The summed E-state index contributed by atoms with van der Waals surface area (Å²) in [6.07, 6.45) is 2.01. The number of nitrogens with one attached hydrogen (secondary N) is 1. The Labute approximate surface area is 107 Å². The minimum absolute atomic E-state index is 0.0858. The Morgan fingerprint density at radius 1 is 1.44 bits per heavy atom. The van der Waals surface area contributed by atoms with Crippen LogP contribution in [0.25, 0.3) is 0 Å². The van der Waals surface area contributed by atoms with Gasteiger partial charge in [0.2, 0.25) is 0 Å². The van der Waals surface area contributed by atoms with Crippen LogP contribution in [-0.2, 0) is 6.54 Å². The molecule has 1 unspecified atom stereocenters. The van der Waals surface area contributed by atoms with Crippen molar-refractivity contribution >= 4 is 27.7 Å². The lowest BCUT2D eigenvalue weighted by Gasteiger charge is -2.11. The number of thioether (sulfide) groups is 1. The number of hydrogen-bond acceptors (Lipinski definition) is 2. The predicted molar refractivity (Wildman–Crippen MR) is 68.7 cm³/mol. The van der Waals surface area contributed by atoms with Gasteiger partial charge >= 0.3 is 0 Å². The Kier molecular flexibility index (Phi) is 5.72. The van der Waals surface area contributed by atoms with Crippen molar-refractivity contribution in [2.75, 3.05) is 12.8 Å². The predicted octanol–water partition coefficient (Wildman–Crippen LogP) is 3.57. The molecule has 1 aromatic rings. The standard InChI is InChI=1S/C11H14BrF2NS/c1-7(16-2)5-15-6-8-10(13)4-3-9(12)11(8)14/h3-4,7,15H,5-6H2,1-2H3. The van der Waals surface area contributed by atoms with Gasteiger partial charge in [0.05, 0.1) is 4.47 Å². The van der Waals surface area contributed by atoms with Crippen molar-refractivity contribution in [1.29, 1.82) is 0 Å². The monoisotopic (exact) mass is 309 g/mol. The Morgan fingerprint density at radius 2 is 2.12 bits per heavy atom. The SMILES string of the molecule is CSC(C)CNCc1c(F)ccc(Br)c1F. The second-order valence-corrected chi connectivity index (χ2v) is 5.63. The fraction of sp³-hybridized carbons (Fsp3) is 0.455. The molecule has 16 heavy (non-hydrogen) atoms. The Balaban J connectivity index is 2.63. The molecule has 0 fully saturated rings. The molecule has 0 heterocycles. The lowest BCUT2D eigenvalue weighted by molar-refractivity contribution is 0.532. The van der Waals surface area contributed by atoms with Crippen molar-refractivity contribution < 1.29 is 8.78 Å². The van der Waals surface area contributed by atoms with Crippen LogP contribution in [-0.4, -0.2) is 18.1 Å². The molecule has 1 N–H and O–H groups in total. The summed E-state index contributed by atoms with van der Waals surface area (Å²) in [5, 5.41) is 3.47. The average molecular weight is 310 g/mol. The Morgan fingerprint density at radius 3 is 2.75 bits per heavy atom. The summed E-state index contributed by atoms with van der Waals surface area (Å²) in [5.74, 6) is -1.03. The number of halogens is 3. The van der Waals surface area contributed by atoms with Crippen LogP contribution in [0.3, 0.4) is 0 Å². The molecule has 0 spiro atoms. The van der Waals surface area contributed by atoms with Crippen molar-refractivity contribution in [3.63, 3.8) is 0 Å². The molecule has 0 saturated heterocycles. The van der Waals surface area contributed by atoms with Gasteiger partial charge in [-0.15, -0.1) is 0 Å². The molecule has 0 aromatic heterocycles. The van der Waals surface area contributed by atoms with E-state index in [4.69, 9.17) is 0 Å². The molecule has 0 saturated carbocycles. The molecule has 1 rings (SSSR count). The molecular weight excluding hydrogens is 296 g/mol. The number of hydrogen-bond donors (Lipinski definition) is 1. The van der Waals surface area contributed by atoms with E-state index < -0.39 is 11.6 Å². The molecular formula is C11H14BrF2NS. The van der Waals surface area contributed by atoms with Crippen LogP contribution >= 0.6 is 27.7 Å². The minimum Gasteiger partial charge on any atom is -0.311 e. The normalized spacial score (nSPS) is 12.8. The summed E-state index contributed by atoms with van der Waals surface area (Å²) >= 11 is 4.75. The van der Waals surface area contributed by atoms with Gasteiger partial charge in [-0.2, -0.15) is 11.8 Å². The molecule has 0 aliphatic heterocycles. The van der Waals surface area contributed by atoms with Gasteiger partial charge in [0.1, 0.15) is 11.6 Å². The molecule has 0 radical (unpaired) electrons. The fourth-order valence-corrected chi connectivity index (χ4v) is 1.87. The second-order valence-electron chi connectivity index (χ2n) is 3.50. The molecule has 90 valence electrons. The van der Waals surface area contributed by atoms with Crippen LogP contribution in [0.2, 0.25) is 0 Å². The highest BCUT2D eigenvalue weighted by molar-refractivity contribution is 9.10. The first-order valence-corrected chi connectivity index (χ1v) is 7.00. The fourth-order valence-electron chi connectivity index (χ4n) is 1.21.